The number of hydrogen-bond donors (Lipinski definition) is 1. The van der Waals surface area contributed by atoms with Gasteiger partial charge >= 0.3 is 0 Å². The molecule has 1 aromatic heterocycles. The molecular formula is C21H22N4OS. The molecule has 1 aliphatic carbocycles. The van der Waals surface area contributed by atoms with Crippen LogP contribution in [0.3, 0.4) is 0 Å². The number of thioether (sulfide) groups is 1. The average molecular weight is 379 g/mol. The van der Waals surface area contributed by atoms with Crippen molar-refractivity contribution in [3.05, 3.63) is 71.5 Å². The number of aryl methyl sites for hydroxylation is 1. The van der Waals surface area contributed by atoms with E-state index in [0.29, 0.717) is 18.2 Å². The highest BCUT2D eigenvalue weighted by atomic mass is 32.2. The van der Waals surface area contributed by atoms with Gasteiger partial charge < -0.3 is 5.32 Å². The van der Waals surface area contributed by atoms with Gasteiger partial charge in [-0.1, -0.05) is 54.2 Å². The summed E-state index contributed by atoms with van der Waals surface area (Å²) in [5, 5.41) is 12.5. The van der Waals surface area contributed by atoms with Gasteiger partial charge in [0, 0.05) is 18.2 Å². The molecule has 0 aliphatic heterocycles. The van der Waals surface area contributed by atoms with Crippen LogP contribution in [-0.2, 0) is 11.3 Å². The molecule has 0 spiro atoms. The number of amides is 1. The van der Waals surface area contributed by atoms with Crippen molar-refractivity contribution < 1.29 is 4.79 Å². The molecule has 0 saturated heterocycles. The van der Waals surface area contributed by atoms with Gasteiger partial charge in [-0.05, 0) is 43.0 Å². The maximum absolute atomic E-state index is 12.3. The SMILES string of the molecule is Cc1ccccc1CNC(=O)CSc1nnc(C2CC2)n1-c1ccccc1. The monoisotopic (exact) mass is 378 g/mol. The molecule has 1 aliphatic rings. The number of para-hydroxylation sites is 1. The van der Waals surface area contributed by atoms with E-state index in [2.05, 4.69) is 45.2 Å². The summed E-state index contributed by atoms with van der Waals surface area (Å²) >= 11 is 1.43. The van der Waals surface area contributed by atoms with Crippen molar-refractivity contribution >= 4 is 17.7 Å². The molecule has 0 bridgehead atoms. The third-order valence-corrected chi connectivity index (χ3v) is 5.61. The minimum atomic E-state index is -0.00108. The fraction of sp³-hybridized carbons (Fsp3) is 0.286. The Balaban J connectivity index is 1.42. The number of nitrogens with one attached hydrogen (secondary N) is 1. The first-order chi connectivity index (χ1) is 13.2. The first kappa shape index (κ1) is 17.8. The summed E-state index contributed by atoms with van der Waals surface area (Å²) < 4.78 is 2.09. The molecule has 0 radical (unpaired) electrons. The van der Waals surface area contributed by atoms with Crippen LogP contribution >= 0.6 is 11.8 Å². The topological polar surface area (TPSA) is 59.8 Å². The van der Waals surface area contributed by atoms with Crippen LogP contribution in [0.1, 0.15) is 35.7 Å². The Bertz CT molecular complexity index is 934. The fourth-order valence-electron chi connectivity index (χ4n) is 2.98. The van der Waals surface area contributed by atoms with Gasteiger partial charge in [-0.15, -0.1) is 10.2 Å². The Morgan fingerprint density at radius 2 is 1.85 bits per heavy atom. The number of nitrogens with zero attached hydrogens (tertiary/aromatic N) is 3. The second kappa shape index (κ2) is 7.96. The molecule has 2 aromatic carbocycles. The van der Waals surface area contributed by atoms with Crippen LogP contribution in [0.4, 0.5) is 0 Å². The van der Waals surface area contributed by atoms with Crippen molar-refractivity contribution in [1.82, 2.24) is 20.1 Å². The van der Waals surface area contributed by atoms with E-state index < -0.39 is 0 Å². The van der Waals surface area contributed by atoms with E-state index >= 15 is 0 Å². The summed E-state index contributed by atoms with van der Waals surface area (Å²) in [6.07, 6.45) is 2.32. The lowest BCUT2D eigenvalue weighted by Crippen LogP contribution is -2.25. The Morgan fingerprint density at radius 3 is 2.59 bits per heavy atom. The van der Waals surface area contributed by atoms with Gasteiger partial charge in [0.2, 0.25) is 5.91 Å². The summed E-state index contributed by atoms with van der Waals surface area (Å²) in [5.41, 5.74) is 3.37. The van der Waals surface area contributed by atoms with Crippen LogP contribution in [0.2, 0.25) is 0 Å². The maximum Gasteiger partial charge on any atom is 0.230 e. The van der Waals surface area contributed by atoms with Crippen LogP contribution in [0.5, 0.6) is 0 Å². The van der Waals surface area contributed by atoms with Gasteiger partial charge in [0.25, 0.3) is 0 Å². The Labute approximate surface area is 163 Å². The second-order valence-corrected chi connectivity index (χ2v) is 7.72. The van der Waals surface area contributed by atoms with E-state index in [-0.39, 0.29) is 5.91 Å². The molecule has 4 rings (SSSR count). The lowest BCUT2D eigenvalue weighted by Gasteiger charge is -2.10. The third-order valence-electron chi connectivity index (χ3n) is 4.68. The first-order valence-corrected chi connectivity index (χ1v) is 10.2. The van der Waals surface area contributed by atoms with Crippen molar-refractivity contribution in [1.29, 1.82) is 0 Å². The maximum atomic E-state index is 12.3. The van der Waals surface area contributed by atoms with Gasteiger partial charge in [-0.2, -0.15) is 0 Å². The highest BCUT2D eigenvalue weighted by molar-refractivity contribution is 7.99. The highest BCUT2D eigenvalue weighted by Crippen LogP contribution is 2.41. The van der Waals surface area contributed by atoms with Crippen molar-refractivity contribution in [3.63, 3.8) is 0 Å². The van der Waals surface area contributed by atoms with E-state index in [1.807, 2.05) is 36.4 Å². The Kier molecular flexibility index (Phi) is 5.25. The molecule has 27 heavy (non-hydrogen) atoms. The predicted molar refractivity (Wildman–Crippen MR) is 107 cm³/mol. The van der Waals surface area contributed by atoms with E-state index in [0.717, 1.165) is 35.1 Å². The number of carbonyl (C=O) groups excluding carboxylic acids is 1. The summed E-state index contributed by atoms with van der Waals surface area (Å²) in [5.74, 6) is 1.81. The van der Waals surface area contributed by atoms with Crippen molar-refractivity contribution in [2.45, 2.75) is 37.4 Å². The Hall–Kier alpha value is -2.60. The number of hydrogen-bond acceptors (Lipinski definition) is 4. The predicted octanol–water partition coefficient (Wildman–Crippen LogP) is 3.86. The Morgan fingerprint density at radius 1 is 1.11 bits per heavy atom. The smallest absolute Gasteiger partial charge is 0.230 e. The van der Waals surface area contributed by atoms with E-state index in [9.17, 15) is 4.79 Å². The summed E-state index contributed by atoms with van der Waals surface area (Å²) in [6, 6.07) is 18.2. The number of rotatable bonds is 7. The molecule has 1 fully saturated rings. The lowest BCUT2D eigenvalue weighted by molar-refractivity contribution is -0.118. The quantitative estimate of drug-likeness (QED) is 0.634. The summed E-state index contributed by atoms with van der Waals surface area (Å²) in [7, 11) is 0. The molecule has 1 N–H and O–H groups in total. The molecule has 1 heterocycles. The van der Waals surface area contributed by atoms with Crippen molar-refractivity contribution in [2.75, 3.05) is 5.75 Å². The van der Waals surface area contributed by atoms with E-state index in [1.54, 1.807) is 0 Å². The van der Waals surface area contributed by atoms with E-state index in [4.69, 9.17) is 0 Å². The van der Waals surface area contributed by atoms with Gasteiger partial charge in [-0.3, -0.25) is 9.36 Å². The molecule has 138 valence electrons. The molecule has 5 nitrogen and oxygen atoms in total. The van der Waals surface area contributed by atoms with Gasteiger partial charge in [-0.25, -0.2) is 0 Å². The van der Waals surface area contributed by atoms with Crippen molar-refractivity contribution in [3.8, 4) is 5.69 Å². The second-order valence-electron chi connectivity index (χ2n) is 6.78. The molecule has 0 unspecified atom stereocenters. The third kappa shape index (κ3) is 4.22. The van der Waals surface area contributed by atoms with Crippen LogP contribution in [0, 0.1) is 6.92 Å². The molecule has 0 atom stereocenters. The molecule has 1 amide bonds. The number of aromatic nitrogens is 3. The van der Waals surface area contributed by atoms with Gasteiger partial charge in [0.05, 0.1) is 5.75 Å². The fourth-order valence-corrected chi connectivity index (χ4v) is 3.77. The number of carbonyl (C=O) groups is 1. The van der Waals surface area contributed by atoms with E-state index in [1.165, 1.54) is 17.3 Å². The largest absolute Gasteiger partial charge is 0.351 e. The lowest BCUT2D eigenvalue weighted by atomic mass is 10.1. The first-order valence-electron chi connectivity index (χ1n) is 9.17. The minimum absolute atomic E-state index is 0.00108. The van der Waals surface area contributed by atoms with Crippen LogP contribution in [0.25, 0.3) is 5.69 Å². The minimum Gasteiger partial charge on any atom is -0.351 e. The zero-order chi connectivity index (χ0) is 18.6. The zero-order valence-corrected chi connectivity index (χ0v) is 16.1. The molecular weight excluding hydrogens is 356 g/mol. The van der Waals surface area contributed by atoms with Gasteiger partial charge in [0.15, 0.2) is 5.16 Å². The summed E-state index contributed by atoms with van der Waals surface area (Å²) in [4.78, 5) is 12.3. The summed E-state index contributed by atoms with van der Waals surface area (Å²) in [6.45, 7) is 2.60. The van der Waals surface area contributed by atoms with Crippen LogP contribution in [0.15, 0.2) is 59.8 Å². The number of benzene rings is 2. The standard InChI is InChI=1S/C21H22N4OS/c1-15-7-5-6-8-17(15)13-22-19(26)14-27-21-24-23-20(16-11-12-16)25(21)18-9-3-2-4-10-18/h2-10,16H,11-14H2,1H3,(H,22,26). The molecule has 3 aromatic rings. The molecule has 1 saturated carbocycles. The molecule has 6 heteroatoms. The van der Waals surface area contributed by atoms with Crippen molar-refractivity contribution in [2.24, 2.45) is 0 Å². The normalized spacial score (nSPS) is 13.5. The van der Waals surface area contributed by atoms with Crippen LogP contribution in [-0.4, -0.2) is 26.4 Å². The van der Waals surface area contributed by atoms with Gasteiger partial charge in [0.1, 0.15) is 5.82 Å². The average Bonchev–Trinajstić information content (AvgIpc) is 3.45. The zero-order valence-electron chi connectivity index (χ0n) is 15.3. The highest BCUT2D eigenvalue weighted by Gasteiger charge is 2.31. The van der Waals surface area contributed by atoms with Crippen LogP contribution < -0.4 is 5.32 Å².